The first kappa shape index (κ1) is 14.3. The lowest BCUT2D eigenvalue weighted by Gasteiger charge is -2.08. The van der Waals surface area contributed by atoms with Gasteiger partial charge in [-0.05, 0) is 37.3 Å². The number of rotatable bonds is 5. The van der Waals surface area contributed by atoms with E-state index in [1.54, 1.807) is 30.3 Å². The zero-order valence-electron chi connectivity index (χ0n) is 10.8. The largest absolute Gasteiger partial charge is 0.380 e. The molecule has 0 aliphatic carbocycles. The molecule has 4 nitrogen and oxygen atoms in total. The van der Waals surface area contributed by atoms with Crippen molar-refractivity contribution in [1.29, 1.82) is 0 Å². The first-order valence-electron chi connectivity index (χ1n) is 6.06. The number of halogens is 1. The van der Waals surface area contributed by atoms with Gasteiger partial charge in [-0.1, -0.05) is 23.9 Å². The molecule has 0 fully saturated rings. The minimum atomic E-state index is -0.417. The lowest BCUT2D eigenvalue weighted by molar-refractivity contribution is -0.386. The Morgan fingerprint density at radius 1 is 1.30 bits per heavy atom. The molecule has 1 N–H and O–H groups in total. The molecular formula is C14H13FN2O2S. The fraction of sp³-hybridized carbons (Fsp3) is 0.143. The van der Waals surface area contributed by atoms with Crippen molar-refractivity contribution < 1.29 is 9.31 Å². The molecule has 0 saturated heterocycles. The standard InChI is InChI=1S/C14H13FN2O2S/c1-2-16-12-7-4-8-13(14(12)17(18)19)20-11-6-3-5-10(15)9-11/h3-9,16H,2H2,1H3. The summed E-state index contributed by atoms with van der Waals surface area (Å²) < 4.78 is 13.2. The van der Waals surface area contributed by atoms with Crippen molar-refractivity contribution in [2.75, 3.05) is 11.9 Å². The number of nitro benzene ring substituents is 1. The molecule has 0 aliphatic heterocycles. The van der Waals surface area contributed by atoms with E-state index in [1.165, 1.54) is 23.9 Å². The van der Waals surface area contributed by atoms with Gasteiger partial charge in [0.05, 0.1) is 9.82 Å². The van der Waals surface area contributed by atoms with Crippen LogP contribution in [0.1, 0.15) is 6.92 Å². The Bertz CT molecular complexity index is 634. The summed E-state index contributed by atoms with van der Waals surface area (Å²) in [4.78, 5) is 11.9. The van der Waals surface area contributed by atoms with Crippen molar-refractivity contribution in [3.05, 3.63) is 58.4 Å². The molecule has 0 amide bonds. The van der Waals surface area contributed by atoms with E-state index in [9.17, 15) is 14.5 Å². The van der Waals surface area contributed by atoms with E-state index in [-0.39, 0.29) is 11.5 Å². The summed E-state index contributed by atoms with van der Waals surface area (Å²) in [6.07, 6.45) is 0. The maximum Gasteiger partial charge on any atom is 0.306 e. The quantitative estimate of drug-likeness (QED) is 0.658. The fourth-order valence-corrected chi connectivity index (χ4v) is 2.78. The maximum atomic E-state index is 13.2. The molecule has 0 unspecified atom stereocenters. The van der Waals surface area contributed by atoms with Crippen LogP contribution in [0.15, 0.2) is 52.3 Å². The van der Waals surface area contributed by atoms with Gasteiger partial charge in [-0.25, -0.2) is 4.39 Å². The van der Waals surface area contributed by atoms with Crippen LogP contribution in [0, 0.1) is 15.9 Å². The summed E-state index contributed by atoms with van der Waals surface area (Å²) in [6.45, 7) is 2.46. The molecule has 0 saturated carbocycles. The van der Waals surface area contributed by atoms with Gasteiger partial charge in [0.15, 0.2) is 0 Å². The van der Waals surface area contributed by atoms with Crippen molar-refractivity contribution in [2.45, 2.75) is 16.7 Å². The molecule has 0 aliphatic rings. The van der Waals surface area contributed by atoms with Crippen LogP contribution in [0.4, 0.5) is 15.8 Å². The topological polar surface area (TPSA) is 55.2 Å². The molecule has 0 spiro atoms. The minimum absolute atomic E-state index is 0.0172. The smallest absolute Gasteiger partial charge is 0.306 e. The van der Waals surface area contributed by atoms with Crippen molar-refractivity contribution in [3.63, 3.8) is 0 Å². The third-order valence-electron chi connectivity index (χ3n) is 2.57. The summed E-state index contributed by atoms with van der Waals surface area (Å²) in [6, 6.07) is 11.1. The maximum absolute atomic E-state index is 13.2. The molecular weight excluding hydrogens is 279 g/mol. The molecule has 0 radical (unpaired) electrons. The highest BCUT2D eigenvalue weighted by molar-refractivity contribution is 7.99. The van der Waals surface area contributed by atoms with Gasteiger partial charge in [0.1, 0.15) is 11.5 Å². The van der Waals surface area contributed by atoms with Crippen molar-refractivity contribution in [1.82, 2.24) is 0 Å². The second-order valence-corrected chi connectivity index (χ2v) is 5.11. The lowest BCUT2D eigenvalue weighted by Crippen LogP contribution is -2.02. The summed E-state index contributed by atoms with van der Waals surface area (Å²) in [7, 11) is 0. The molecule has 0 atom stereocenters. The Labute approximate surface area is 120 Å². The Kier molecular flexibility index (Phi) is 4.57. The van der Waals surface area contributed by atoms with Gasteiger partial charge in [0, 0.05) is 11.4 Å². The molecule has 104 valence electrons. The molecule has 6 heteroatoms. The summed E-state index contributed by atoms with van der Waals surface area (Å²) in [5, 5.41) is 14.2. The van der Waals surface area contributed by atoms with Gasteiger partial charge in [-0.2, -0.15) is 0 Å². The van der Waals surface area contributed by atoms with Crippen molar-refractivity contribution in [3.8, 4) is 0 Å². The molecule has 0 heterocycles. The van der Waals surface area contributed by atoms with Gasteiger partial charge in [-0.15, -0.1) is 0 Å². The van der Waals surface area contributed by atoms with Crippen LogP contribution in [-0.2, 0) is 0 Å². The van der Waals surface area contributed by atoms with E-state index < -0.39 is 4.92 Å². The highest BCUT2D eigenvalue weighted by atomic mass is 32.2. The van der Waals surface area contributed by atoms with Crippen LogP contribution in [0.5, 0.6) is 0 Å². The first-order valence-corrected chi connectivity index (χ1v) is 6.88. The highest BCUT2D eigenvalue weighted by Gasteiger charge is 2.20. The Hall–Kier alpha value is -2.08. The van der Waals surface area contributed by atoms with Crippen LogP contribution in [-0.4, -0.2) is 11.5 Å². The van der Waals surface area contributed by atoms with Crippen LogP contribution in [0.2, 0.25) is 0 Å². The Morgan fingerprint density at radius 3 is 2.70 bits per heavy atom. The van der Waals surface area contributed by atoms with E-state index in [2.05, 4.69) is 5.32 Å². The number of para-hydroxylation sites is 1. The third kappa shape index (κ3) is 3.27. The summed E-state index contributed by atoms with van der Waals surface area (Å²) >= 11 is 1.18. The van der Waals surface area contributed by atoms with Crippen LogP contribution in [0.3, 0.4) is 0 Å². The fourth-order valence-electron chi connectivity index (χ4n) is 1.78. The van der Waals surface area contributed by atoms with E-state index in [4.69, 9.17) is 0 Å². The Morgan fingerprint density at radius 2 is 2.05 bits per heavy atom. The number of benzene rings is 2. The first-order chi connectivity index (χ1) is 9.61. The van der Waals surface area contributed by atoms with E-state index in [1.807, 2.05) is 6.92 Å². The Balaban J connectivity index is 2.40. The summed E-state index contributed by atoms with van der Waals surface area (Å²) in [5.41, 5.74) is 0.488. The minimum Gasteiger partial charge on any atom is -0.380 e. The molecule has 0 bridgehead atoms. The average Bonchev–Trinajstić information content (AvgIpc) is 2.39. The number of nitro groups is 1. The van der Waals surface area contributed by atoms with Crippen molar-refractivity contribution >= 4 is 23.1 Å². The second kappa shape index (κ2) is 6.38. The zero-order valence-corrected chi connectivity index (χ0v) is 11.6. The van der Waals surface area contributed by atoms with Crippen LogP contribution >= 0.6 is 11.8 Å². The van der Waals surface area contributed by atoms with Gasteiger partial charge in [-0.3, -0.25) is 10.1 Å². The normalized spacial score (nSPS) is 10.3. The van der Waals surface area contributed by atoms with Crippen LogP contribution < -0.4 is 5.32 Å². The van der Waals surface area contributed by atoms with E-state index in [0.29, 0.717) is 22.0 Å². The molecule has 2 aromatic carbocycles. The van der Waals surface area contributed by atoms with E-state index >= 15 is 0 Å². The number of nitrogens with one attached hydrogen (secondary N) is 1. The zero-order chi connectivity index (χ0) is 14.5. The highest BCUT2D eigenvalue weighted by Crippen LogP contribution is 2.39. The number of anilines is 1. The monoisotopic (exact) mass is 292 g/mol. The van der Waals surface area contributed by atoms with Gasteiger partial charge in [0.2, 0.25) is 0 Å². The average molecular weight is 292 g/mol. The predicted molar refractivity (Wildman–Crippen MR) is 77.8 cm³/mol. The van der Waals surface area contributed by atoms with Gasteiger partial charge < -0.3 is 5.32 Å². The van der Waals surface area contributed by atoms with Gasteiger partial charge in [0.25, 0.3) is 0 Å². The van der Waals surface area contributed by atoms with Crippen LogP contribution in [0.25, 0.3) is 0 Å². The number of hydrogen-bond donors (Lipinski definition) is 1. The molecule has 2 rings (SSSR count). The number of nitrogens with zero attached hydrogens (tertiary/aromatic N) is 1. The van der Waals surface area contributed by atoms with E-state index in [0.717, 1.165) is 0 Å². The lowest BCUT2D eigenvalue weighted by atomic mass is 10.2. The van der Waals surface area contributed by atoms with Gasteiger partial charge >= 0.3 is 5.69 Å². The van der Waals surface area contributed by atoms with Crippen molar-refractivity contribution in [2.24, 2.45) is 0 Å². The predicted octanol–water partition coefficient (Wildman–Crippen LogP) is 4.32. The molecule has 0 aromatic heterocycles. The SMILES string of the molecule is CCNc1cccc(Sc2cccc(F)c2)c1[N+](=O)[O-]. The molecule has 2 aromatic rings. The summed E-state index contributed by atoms with van der Waals surface area (Å²) in [5.74, 6) is -0.361. The molecule has 20 heavy (non-hydrogen) atoms. The second-order valence-electron chi connectivity index (χ2n) is 4.00. The third-order valence-corrected chi connectivity index (χ3v) is 3.61. The number of hydrogen-bond acceptors (Lipinski definition) is 4.